The number of hydrogen-bond donors (Lipinski definition) is 1. The average molecular weight is 346 g/mol. The van der Waals surface area contributed by atoms with Crippen LogP contribution in [0.3, 0.4) is 0 Å². The maximum absolute atomic E-state index is 12.2. The lowest BCUT2D eigenvalue weighted by molar-refractivity contribution is -0.130. The third kappa shape index (κ3) is 5.59. The van der Waals surface area contributed by atoms with Crippen molar-refractivity contribution in [3.63, 3.8) is 0 Å². The van der Waals surface area contributed by atoms with Crippen LogP contribution >= 0.6 is 0 Å². The Kier molecular flexibility index (Phi) is 5.82. The number of nitrogens with zero attached hydrogens (tertiary/aromatic N) is 1. The van der Waals surface area contributed by atoms with Crippen molar-refractivity contribution >= 4 is 17.8 Å². The molecule has 2 rings (SSSR count). The molecule has 1 N–H and O–H groups in total. The summed E-state index contributed by atoms with van der Waals surface area (Å²) in [5.74, 6) is -0.701. The Bertz CT molecular complexity index is 646. The molecule has 0 saturated carbocycles. The minimum absolute atomic E-state index is 0.169. The Morgan fingerprint density at radius 1 is 1.24 bits per heavy atom. The first-order chi connectivity index (χ1) is 11.7. The van der Waals surface area contributed by atoms with E-state index in [1.807, 2.05) is 37.8 Å². The largest absolute Gasteiger partial charge is 0.449 e. The monoisotopic (exact) mass is 346 g/mol. The Morgan fingerprint density at radius 2 is 1.88 bits per heavy atom. The highest BCUT2D eigenvalue weighted by Crippen LogP contribution is 2.15. The van der Waals surface area contributed by atoms with Crippen LogP contribution in [0.4, 0.5) is 0 Å². The molecule has 1 fully saturated rings. The second-order valence-electron chi connectivity index (χ2n) is 7.40. The van der Waals surface area contributed by atoms with Crippen molar-refractivity contribution in [3.05, 3.63) is 35.4 Å². The molecule has 25 heavy (non-hydrogen) atoms. The quantitative estimate of drug-likeness (QED) is 0.830. The van der Waals surface area contributed by atoms with Crippen molar-refractivity contribution < 1.29 is 19.1 Å². The van der Waals surface area contributed by atoms with Crippen LogP contribution in [0.1, 0.15) is 56.5 Å². The molecule has 1 aromatic carbocycles. The highest BCUT2D eigenvalue weighted by Gasteiger charge is 2.23. The molecule has 6 nitrogen and oxygen atoms in total. The summed E-state index contributed by atoms with van der Waals surface area (Å²) in [6.45, 7) is 8.48. The summed E-state index contributed by atoms with van der Waals surface area (Å²) in [6, 6.07) is 6.93. The van der Waals surface area contributed by atoms with Crippen molar-refractivity contribution in [1.82, 2.24) is 10.2 Å². The Hall–Kier alpha value is -2.37. The van der Waals surface area contributed by atoms with Gasteiger partial charge in [-0.05, 0) is 51.8 Å². The summed E-state index contributed by atoms with van der Waals surface area (Å²) in [5, 5.41) is 2.78. The van der Waals surface area contributed by atoms with E-state index >= 15 is 0 Å². The van der Waals surface area contributed by atoms with Crippen LogP contribution in [0.5, 0.6) is 0 Å². The maximum Gasteiger partial charge on any atom is 0.338 e. The van der Waals surface area contributed by atoms with Crippen molar-refractivity contribution in [2.75, 3.05) is 6.54 Å². The highest BCUT2D eigenvalue weighted by molar-refractivity contribution is 5.92. The Balaban J connectivity index is 1.91. The minimum Gasteiger partial charge on any atom is -0.449 e. The molecule has 2 amide bonds. The van der Waals surface area contributed by atoms with Crippen LogP contribution < -0.4 is 5.32 Å². The maximum atomic E-state index is 12.2. The summed E-state index contributed by atoms with van der Waals surface area (Å²) < 4.78 is 5.22. The predicted octanol–water partition coefficient (Wildman–Crippen LogP) is 2.27. The van der Waals surface area contributed by atoms with Crippen LogP contribution in [0.15, 0.2) is 24.3 Å². The number of hydrogen-bond acceptors (Lipinski definition) is 4. The molecule has 1 aromatic rings. The number of rotatable bonds is 5. The lowest BCUT2D eigenvalue weighted by Crippen LogP contribution is -2.46. The van der Waals surface area contributed by atoms with Gasteiger partial charge in [0.15, 0.2) is 6.10 Å². The van der Waals surface area contributed by atoms with E-state index in [9.17, 15) is 14.4 Å². The molecule has 0 bridgehead atoms. The van der Waals surface area contributed by atoms with Gasteiger partial charge in [0.1, 0.15) is 0 Å². The normalized spacial score (nSPS) is 15.8. The van der Waals surface area contributed by atoms with E-state index in [4.69, 9.17) is 4.74 Å². The van der Waals surface area contributed by atoms with Crippen LogP contribution in [0.2, 0.25) is 0 Å². The Labute approximate surface area is 148 Å². The molecule has 1 saturated heterocycles. The molecule has 0 aliphatic carbocycles. The minimum atomic E-state index is -0.867. The summed E-state index contributed by atoms with van der Waals surface area (Å²) in [4.78, 5) is 37.6. The summed E-state index contributed by atoms with van der Waals surface area (Å²) in [7, 11) is 0. The fourth-order valence-electron chi connectivity index (χ4n) is 2.59. The summed E-state index contributed by atoms with van der Waals surface area (Å²) in [6.07, 6.45) is 0.644. The molecule has 1 heterocycles. The van der Waals surface area contributed by atoms with Crippen LogP contribution in [-0.4, -0.2) is 40.9 Å². The van der Waals surface area contributed by atoms with Gasteiger partial charge in [-0.15, -0.1) is 0 Å². The molecule has 0 aromatic heterocycles. The first kappa shape index (κ1) is 19.0. The van der Waals surface area contributed by atoms with Gasteiger partial charge < -0.3 is 15.0 Å². The molecule has 0 radical (unpaired) electrons. The van der Waals surface area contributed by atoms with Gasteiger partial charge >= 0.3 is 5.97 Å². The van der Waals surface area contributed by atoms with Gasteiger partial charge in [0, 0.05) is 25.0 Å². The van der Waals surface area contributed by atoms with Gasteiger partial charge in [-0.25, -0.2) is 4.79 Å². The van der Waals surface area contributed by atoms with Gasteiger partial charge in [0.25, 0.3) is 5.91 Å². The zero-order valence-corrected chi connectivity index (χ0v) is 15.3. The van der Waals surface area contributed by atoms with Crippen LogP contribution in [0, 0.1) is 0 Å². The summed E-state index contributed by atoms with van der Waals surface area (Å²) in [5.41, 5.74) is 0.962. The van der Waals surface area contributed by atoms with E-state index < -0.39 is 12.1 Å². The van der Waals surface area contributed by atoms with Crippen molar-refractivity contribution in [1.29, 1.82) is 0 Å². The van der Waals surface area contributed by atoms with Crippen molar-refractivity contribution in [2.45, 2.75) is 58.7 Å². The second-order valence-corrected chi connectivity index (χ2v) is 7.40. The molecular formula is C19H26N2O4. The van der Waals surface area contributed by atoms with E-state index in [0.29, 0.717) is 18.5 Å². The second kappa shape index (κ2) is 7.68. The standard InChI is InChI=1S/C19H26N2O4/c1-13(17(23)20-19(2,3)4)25-18(24)15-9-7-14(8-10-15)12-21-11-5-6-16(21)22/h7-10,13H,5-6,11-12H2,1-4H3,(H,20,23)/t13-/m1/s1. The molecule has 0 spiro atoms. The third-order valence-corrected chi connectivity index (χ3v) is 3.89. The smallest absolute Gasteiger partial charge is 0.338 e. The van der Waals surface area contributed by atoms with Crippen LogP contribution in [-0.2, 0) is 20.9 Å². The van der Waals surface area contributed by atoms with Gasteiger partial charge in [-0.3, -0.25) is 9.59 Å². The van der Waals surface area contributed by atoms with Gasteiger partial charge in [-0.1, -0.05) is 12.1 Å². The lowest BCUT2D eigenvalue weighted by atomic mass is 10.1. The van der Waals surface area contributed by atoms with Crippen molar-refractivity contribution in [2.24, 2.45) is 0 Å². The first-order valence-electron chi connectivity index (χ1n) is 8.55. The van der Waals surface area contributed by atoms with E-state index in [2.05, 4.69) is 5.32 Å². The predicted molar refractivity (Wildman–Crippen MR) is 93.9 cm³/mol. The molecule has 136 valence electrons. The summed E-state index contributed by atoms with van der Waals surface area (Å²) >= 11 is 0. The number of carbonyl (C=O) groups is 3. The third-order valence-electron chi connectivity index (χ3n) is 3.89. The zero-order valence-electron chi connectivity index (χ0n) is 15.3. The first-order valence-corrected chi connectivity index (χ1v) is 8.55. The van der Waals surface area contributed by atoms with Crippen molar-refractivity contribution in [3.8, 4) is 0 Å². The fraction of sp³-hybridized carbons (Fsp3) is 0.526. The lowest BCUT2D eigenvalue weighted by Gasteiger charge is -2.23. The fourth-order valence-corrected chi connectivity index (χ4v) is 2.59. The van der Waals surface area contributed by atoms with Gasteiger partial charge in [-0.2, -0.15) is 0 Å². The molecule has 1 aliphatic heterocycles. The molecule has 6 heteroatoms. The SMILES string of the molecule is C[C@@H](OC(=O)c1ccc(CN2CCCC2=O)cc1)C(=O)NC(C)(C)C. The van der Waals surface area contributed by atoms with E-state index in [1.54, 1.807) is 19.1 Å². The van der Waals surface area contributed by atoms with E-state index in [0.717, 1.165) is 18.5 Å². The molecular weight excluding hydrogens is 320 g/mol. The van der Waals surface area contributed by atoms with Crippen LogP contribution in [0.25, 0.3) is 0 Å². The number of amides is 2. The van der Waals surface area contributed by atoms with Gasteiger partial charge in [0.2, 0.25) is 5.91 Å². The van der Waals surface area contributed by atoms with E-state index in [-0.39, 0.29) is 17.4 Å². The average Bonchev–Trinajstić information content (AvgIpc) is 2.91. The number of carbonyl (C=O) groups excluding carboxylic acids is 3. The molecule has 0 unspecified atom stereocenters. The Morgan fingerprint density at radius 3 is 2.40 bits per heavy atom. The number of ether oxygens (including phenoxy) is 1. The number of nitrogens with one attached hydrogen (secondary N) is 1. The van der Waals surface area contributed by atoms with E-state index in [1.165, 1.54) is 0 Å². The number of benzene rings is 1. The zero-order chi connectivity index (χ0) is 18.6. The highest BCUT2D eigenvalue weighted by atomic mass is 16.5. The topological polar surface area (TPSA) is 75.7 Å². The number of likely N-dealkylation sites (tertiary alicyclic amines) is 1. The molecule has 1 aliphatic rings. The van der Waals surface area contributed by atoms with Gasteiger partial charge in [0.05, 0.1) is 5.56 Å². The molecule has 1 atom stereocenters. The number of esters is 1.